The quantitative estimate of drug-likeness (QED) is 0.189. The van der Waals surface area contributed by atoms with Crippen molar-refractivity contribution in [1.29, 1.82) is 0 Å². The molecule has 0 bridgehead atoms. The highest BCUT2D eigenvalue weighted by molar-refractivity contribution is 9.11. The molecule has 0 radical (unpaired) electrons. The molecule has 0 amide bonds. The number of esters is 1. The highest BCUT2D eigenvalue weighted by atomic mass is 79.9. The van der Waals surface area contributed by atoms with Crippen molar-refractivity contribution in [3.8, 4) is 0 Å². The summed E-state index contributed by atoms with van der Waals surface area (Å²) < 4.78 is 9.68. The predicted octanol–water partition coefficient (Wildman–Crippen LogP) is 10.4. The number of hydrogen-bond acceptors (Lipinski definition) is 4. The summed E-state index contributed by atoms with van der Waals surface area (Å²) in [5, 5.41) is 3.61. The molecule has 1 aliphatic heterocycles. The molecule has 1 N–H and O–H groups in total. The smallest absolute Gasteiger partial charge is 0.338 e. The van der Waals surface area contributed by atoms with Crippen LogP contribution < -0.4 is 10.2 Å². The van der Waals surface area contributed by atoms with Gasteiger partial charge in [0, 0.05) is 41.4 Å². The second-order valence-electron chi connectivity index (χ2n) is 9.35. The van der Waals surface area contributed by atoms with Gasteiger partial charge in [-0.3, -0.25) is 0 Å². The van der Waals surface area contributed by atoms with Crippen molar-refractivity contribution in [2.75, 3.05) is 16.8 Å². The Kier molecular flexibility index (Phi) is 9.51. The zero-order valence-electron chi connectivity index (χ0n) is 21.6. The fraction of sp³-hybridized carbons (Fsp3) is 0.156. The number of halogens is 4. The second-order valence-corrected chi connectivity index (χ2v) is 13.0. The Balaban J connectivity index is 1.77. The van der Waals surface area contributed by atoms with E-state index >= 15 is 0 Å². The van der Waals surface area contributed by atoms with Crippen LogP contribution in [-0.4, -0.2) is 12.6 Å². The molecule has 40 heavy (non-hydrogen) atoms. The fourth-order valence-corrected chi connectivity index (χ4v) is 6.09. The Labute approximate surface area is 268 Å². The van der Waals surface area contributed by atoms with Crippen molar-refractivity contribution < 1.29 is 9.53 Å². The number of nitrogens with zero attached hydrogens (tertiary/aromatic N) is 1. The standard InChI is InChI=1S/C32H26Br4N2O2/c1-2-40-32(39)30-28(37-26-15-11-24(35)12-16-26)19-29(20-3-7-22(33)8-4-20)38(27-17-13-25(36)14-18-27)31(30)21-5-9-23(34)10-6-21/h3-18,29,31,37H,2,19H2,1H3. The van der Waals surface area contributed by atoms with Gasteiger partial charge >= 0.3 is 5.97 Å². The van der Waals surface area contributed by atoms with E-state index in [9.17, 15) is 4.79 Å². The van der Waals surface area contributed by atoms with Gasteiger partial charge in [-0.15, -0.1) is 0 Å². The maximum Gasteiger partial charge on any atom is 0.338 e. The van der Waals surface area contributed by atoms with E-state index in [0.717, 1.165) is 46.1 Å². The summed E-state index contributed by atoms with van der Waals surface area (Å²) in [5.74, 6) is -0.327. The third kappa shape index (κ3) is 6.56. The monoisotopic (exact) mass is 786 g/mol. The molecule has 0 aromatic heterocycles. The van der Waals surface area contributed by atoms with Crippen LogP contribution in [0, 0.1) is 0 Å². The van der Waals surface area contributed by atoms with Crippen LogP contribution in [0.4, 0.5) is 11.4 Å². The molecule has 2 atom stereocenters. The Morgan fingerprint density at radius 2 is 1.23 bits per heavy atom. The summed E-state index contributed by atoms with van der Waals surface area (Å²) >= 11 is 14.3. The molecule has 0 spiro atoms. The van der Waals surface area contributed by atoms with Crippen LogP contribution in [0.2, 0.25) is 0 Å². The molecule has 4 aromatic carbocycles. The fourth-order valence-electron chi connectivity index (χ4n) is 5.03. The Bertz CT molecular complexity index is 1500. The van der Waals surface area contributed by atoms with Gasteiger partial charge in [-0.2, -0.15) is 0 Å². The molecule has 1 heterocycles. The molecule has 204 valence electrons. The maximum absolute atomic E-state index is 13.8. The average molecular weight is 790 g/mol. The minimum Gasteiger partial charge on any atom is -0.463 e. The number of rotatable bonds is 7. The summed E-state index contributed by atoms with van der Waals surface area (Å²) in [4.78, 5) is 16.2. The van der Waals surface area contributed by atoms with E-state index in [-0.39, 0.29) is 18.6 Å². The highest BCUT2D eigenvalue weighted by Gasteiger charge is 2.41. The van der Waals surface area contributed by atoms with Gasteiger partial charge < -0.3 is 15.0 Å². The molecule has 4 aromatic rings. The van der Waals surface area contributed by atoms with Gasteiger partial charge in [-0.1, -0.05) is 88.0 Å². The first-order valence-electron chi connectivity index (χ1n) is 12.8. The Morgan fingerprint density at radius 1 is 0.750 bits per heavy atom. The number of carbonyl (C=O) groups is 1. The first kappa shape index (κ1) is 29.1. The number of nitrogens with one attached hydrogen (secondary N) is 1. The second kappa shape index (κ2) is 13.1. The van der Waals surface area contributed by atoms with Crippen LogP contribution in [0.1, 0.15) is 36.6 Å². The summed E-state index contributed by atoms with van der Waals surface area (Å²) in [7, 11) is 0. The summed E-state index contributed by atoms with van der Waals surface area (Å²) in [5.41, 5.74) is 5.49. The number of hydrogen-bond donors (Lipinski definition) is 1. The molecule has 2 unspecified atom stereocenters. The minimum atomic E-state index is -0.409. The van der Waals surface area contributed by atoms with Crippen LogP contribution >= 0.6 is 63.7 Å². The van der Waals surface area contributed by atoms with E-state index in [1.54, 1.807) is 0 Å². The van der Waals surface area contributed by atoms with E-state index in [1.807, 2.05) is 55.5 Å². The van der Waals surface area contributed by atoms with Crippen molar-refractivity contribution >= 4 is 81.1 Å². The molecule has 4 nitrogen and oxygen atoms in total. The first-order valence-corrected chi connectivity index (χ1v) is 16.0. The van der Waals surface area contributed by atoms with Crippen molar-refractivity contribution in [2.45, 2.75) is 25.4 Å². The van der Waals surface area contributed by atoms with Crippen molar-refractivity contribution in [3.05, 3.63) is 137 Å². The van der Waals surface area contributed by atoms with Crippen LogP contribution in [0.25, 0.3) is 0 Å². The van der Waals surface area contributed by atoms with Gasteiger partial charge in [-0.25, -0.2) is 4.79 Å². The van der Waals surface area contributed by atoms with Gasteiger partial charge in [0.1, 0.15) is 0 Å². The Hall–Kier alpha value is -2.39. The molecular weight excluding hydrogens is 764 g/mol. The minimum absolute atomic E-state index is 0.0703. The molecule has 0 saturated heterocycles. The highest BCUT2D eigenvalue weighted by Crippen LogP contribution is 2.48. The largest absolute Gasteiger partial charge is 0.463 e. The maximum atomic E-state index is 13.8. The first-order chi connectivity index (χ1) is 19.3. The molecule has 8 heteroatoms. The molecule has 0 aliphatic carbocycles. The Morgan fingerprint density at radius 3 is 1.75 bits per heavy atom. The van der Waals surface area contributed by atoms with Gasteiger partial charge in [0.25, 0.3) is 0 Å². The van der Waals surface area contributed by atoms with E-state index in [0.29, 0.717) is 12.0 Å². The van der Waals surface area contributed by atoms with E-state index in [1.165, 1.54) is 0 Å². The normalized spacial score (nSPS) is 17.1. The third-order valence-electron chi connectivity index (χ3n) is 6.81. The average Bonchev–Trinajstić information content (AvgIpc) is 2.95. The lowest BCUT2D eigenvalue weighted by Crippen LogP contribution is -2.41. The zero-order chi connectivity index (χ0) is 28.2. The van der Waals surface area contributed by atoms with Crippen molar-refractivity contribution in [2.24, 2.45) is 0 Å². The van der Waals surface area contributed by atoms with Gasteiger partial charge in [0.2, 0.25) is 0 Å². The topological polar surface area (TPSA) is 41.6 Å². The molecule has 0 fully saturated rings. The van der Waals surface area contributed by atoms with E-state index in [4.69, 9.17) is 4.74 Å². The lowest BCUT2D eigenvalue weighted by molar-refractivity contribution is -0.139. The summed E-state index contributed by atoms with van der Waals surface area (Å²) in [6.45, 7) is 2.13. The van der Waals surface area contributed by atoms with Crippen molar-refractivity contribution in [3.63, 3.8) is 0 Å². The molecule has 5 rings (SSSR count). The zero-order valence-corrected chi connectivity index (χ0v) is 27.9. The number of benzene rings is 4. The molecular formula is C32H26Br4N2O2. The lowest BCUT2D eigenvalue weighted by atomic mass is 9.84. The molecule has 1 aliphatic rings. The summed E-state index contributed by atoms with van der Waals surface area (Å²) in [6.07, 6.45) is 0.578. The SMILES string of the molecule is CCOC(=O)C1=C(Nc2ccc(Br)cc2)CC(c2ccc(Br)cc2)N(c2ccc(Br)cc2)C1c1ccc(Br)cc1. The van der Waals surface area contributed by atoms with Crippen LogP contribution in [0.5, 0.6) is 0 Å². The van der Waals surface area contributed by atoms with E-state index < -0.39 is 6.04 Å². The van der Waals surface area contributed by atoms with Gasteiger partial charge in [-0.05, 0) is 90.8 Å². The van der Waals surface area contributed by atoms with Crippen LogP contribution in [-0.2, 0) is 9.53 Å². The van der Waals surface area contributed by atoms with E-state index in [2.05, 4.69) is 122 Å². The predicted molar refractivity (Wildman–Crippen MR) is 176 cm³/mol. The van der Waals surface area contributed by atoms with Crippen LogP contribution in [0.15, 0.2) is 126 Å². The number of ether oxygens (including phenoxy) is 1. The number of carbonyl (C=O) groups excluding carboxylic acids is 1. The molecule has 0 saturated carbocycles. The van der Waals surface area contributed by atoms with Gasteiger partial charge in [0.05, 0.1) is 24.3 Å². The third-order valence-corrected chi connectivity index (χ3v) is 8.92. The van der Waals surface area contributed by atoms with Crippen molar-refractivity contribution in [1.82, 2.24) is 0 Å². The summed E-state index contributed by atoms with van der Waals surface area (Å²) in [6, 6.07) is 32.4. The lowest BCUT2D eigenvalue weighted by Gasteiger charge is -2.46. The number of anilines is 2. The van der Waals surface area contributed by atoms with Crippen LogP contribution in [0.3, 0.4) is 0 Å². The van der Waals surface area contributed by atoms with Gasteiger partial charge in [0.15, 0.2) is 0 Å².